The standard InChI is InChI=1S/C14H20N2O2S/c1-3-17-11-5-10-15-14(19)16-12-6-8-13(9-7-12)18-4-2/h3,6-9H,1,4-5,10-11H2,2H3,(H2,15,16,19). The van der Waals surface area contributed by atoms with E-state index in [4.69, 9.17) is 21.7 Å². The molecule has 0 amide bonds. The predicted molar refractivity (Wildman–Crippen MR) is 82.6 cm³/mol. The number of hydrogen-bond donors (Lipinski definition) is 2. The highest BCUT2D eigenvalue weighted by atomic mass is 32.1. The van der Waals surface area contributed by atoms with Crippen LogP contribution in [0.2, 0.25) is 0 Å². The Hall–Kier alpha value is -1.75. The number of ether oxygens (including phenoxy) is 2. The largest absolute Gasteiger partial charge is 0.502 e. The highest BCUT2D eigenvalue weighted by Gasteiger charge is 1.98. The van der Waals surface area contributed by atoms with Crippen molar-refractivity contribution >= 4 is 23.0 Å². The number of nitrogens with one attached hydrogen (secondary N) is 2. The van der Waals surface area contributed by atoms with Gasteiger partial charge in [-0.05, 0) is 49.8 Å². The highest BCUT2D eigenvalue weighted by Crippen LogP contribution is 2.15. The molecular formula is C14H20N2O2S. The fourth-order valence-electron chi connectivity index (χ4n) is 1.42. The second-order valence-electron chi connectivity index (χ2n) is 3.73. The third-order valence-electron chi connectivity index (χ3n) is 2.27. The molecule has 0 aromatic heterocycles. The van der Waals surface area contributed by atoms with E-state index in [-0.39, 0.29) is 0 Å². The van der Waals surface area contributed by atoms with Crippen LogP contribution >= 0.6 is 12.2 Å². The fourth-order valence-corrected chi connectivity index (χ4v) is 1.64. The Kier molecular flexibility index (Phi) is 7.43. The molecule has 1 aromatic rings. The molecule has 1 aromatic carbocycles. The molecule has 0 radical (unpaired) electrons. The average Bonchev–Trinajstić information content (AvgIpc) is 2.41. The minimum atomic E-state index is 0.600. The molecule has 0 aliphatic heterocycles. The van der Waals surface area contributed by atoms with E-state index in [0.717, 1.165) is 24.4 Å². The van der Waals surface area contributed by atoms with E-state index in [1.54, 1.807) is 0 Å². The van der Waals surface area contributed by atoms with Crippen LogP contribution in [0.15, 0.2) is 37.1 Å². The van der Waals surface area contributed by atoms with Gasteiger partial charge >= 0.3 is 0 Å². The Bertz CT molecular complexity index is 393. The van der Waals surface area contributed by atoms with Gasteiger partial charge in [-0.3, -0.25) is 0 Å². The average molecular weight is 280 g/mol. The fraction of sp³-hybridized carbons (Fsp3) is 0.357. The van der Waals surface area contributed by atoms with E-state index >= 15 is 0 Å². The number of rotatable bonds is 8. The molecule has 0 atom stereocenters. The summed E-state index contributed by atoms with van der Waals surface area (Å²) >= 11 is 5.18. The van der Waals surface area contributed by atoms with E-state index in [1.807, 2.05) is 31.2 Å². The molecule has 2 N–H and O–H groups in total. The van der Waals surface area contributed by atoms with E-state index < -0.39 is 0 Å². The lowest BCUT2D eigenvalue weighted by molar-refractivity contribution is 0.247. The lowest BCUT2D eigenvalue weighted by atomic mass is 10.3. The van der Waals surface area contributed by atoms with Crippen LogP contribution in [0.5, 0.6) is 5.75 Å². The van der Waals surface area contributed by atoms with Crippen molar-refractivity contribution in [3.8, 4) is 5.75 Å². The Morgan fingerprint density at radius 1 is 1.37 bits per heavy atom. The molecule has 0 heterocycles. The van der Waals surface area contributed by atoms with Gasteiger partial charge in [0.15, 0.2) is 5.11 Å². The van der Waals surface area contributed by atoms with Crippen LogP contribution in [0.1, 0.15) is 13.3 Å². The molecule has 0 saturated carbocycles. The molecule has 19 heavy (non-hydrogen) atoms. The molecule has 0 unspecified atom stereocenters. The van der Waals surface area contributed by atoms with Crippen molar-refractivity contribution in [3.63, 3.8) is 0 Å². The topological polar surface area (TPSA) is 42.5 Å². The summed E-state index contributed by atoms with van der Waals surface area (Å²) in [5, 5.41) is 6.81. The Labute approximate surface area is 119 Å². The van der Waals surface area contributed by atoms with Gasteiger partial charge in [0.25, 0.3) is 0 Å². The van der Waals surface area contributed by atoms with Crippen molar-refractivity contribution in [2.75, 3.05) is 25.1 Å². The molecule has 0 aliphatic rings. The minimum absolute atomic E-state index is 0.600. The third-order valence-corrected chi connectivity index (χ3v) is 2.51. The van der Waals surface area contributed by atoms with Crippen LogP contribution in [0.3, 0.4) is 0 Å². The zero-order valence-corrected chi connectivity index (χ0v) is 12.0. The predicted octanol–water partition coefficient (Wildman–Crippen LogP) is 2.92. The van der Waals surface area contributed by atoms with Gasteiger partial charge in [-0.15, -0.1) is 0 Å². The maximum Gasteiger partial charge on any atom is 0.170 e. The molecule has 0 spiro atoms. The van der Waals surface area contributed by atoms with Crippen molar-refractivity contribution in [2.45, 2.75) is 13.3 Å². The van der Waals surface area contributed by atoms with Crippen LogP contribution in [0.25, 0.3) is 0 Å². The lowest BCUT2D eigenvalue weighted by Crippen LogP contribution is -2.29. The monoisotopic (exact) mass is 280 g/mol. The number of thiocarbonyl (C=S) groups is 1. The summed E-state index contributed by atoms with van der Waals surface area (Å²) in [6.07, 6.45) is 2.31. The van der Waals surface area contributed by atoms with Crippen LogP contribution in [0.4, 0.5) is 5.69 Å². The van der Waals surface area contributed by atoms with Crippen molar-refractivity contribution in [3.05, 3.63) is 37.1 Å². The number of hydrogen-bond acceptors (Lipinski definition) is 3. The quantitative estimate of drug-likeness (QED) is 0.435. The first-order valence-corrected chi connectivity index (χ1v) is 6.67. The van der Waals surface area contributed by atoms with Crippen molar-refractivity contribution in [1.29, 1.82) is 0 Å². The summed E-state index contributed by atoms with van der Waals surface area (Å²) in [7, 11) is 0. The summed E-state index contributed by atoms with van der Waals surface area (Å²) in [5.41, 5.74) is 0.934. The van der Waals surface area contributed by atoms with Gasteiger partial charge in [-0.1, -0.05) is 6.58 Å². The smallest absolute Gasteiger partial charge is 0.170 e. The maximum absolute atomic E-state index is 5.37. The minimum Gasteiger partial charge on any atom is -0.502 e. The first kappa shape index (κ1) is 15.3. The second-order valence-corrected chi connectivity index (χ2v) is 4.14. The molecule has 104 valence electrons. The van der Waals surface area contributed by atoms with Gasteiger partial charge in [0.1, 0.15) is 5.75 Å². The van der Waals surface area contributed by atoms with Gasteiger partial charge in [-0.25, -0.2) is 0 Å². The number of anilines is 1. The first-order chi connectivity index (χ1) is 9.26. The summed E-state index contributed by atoms with van der Waals surface area (Å²) in [4.78, 5) is 0. The van der Waals surface area contributed by atoms with Crippen molar-refractivity contribution in [2.24, 2.45) is 0 Å². The summed E-state index contributed by atoms with van der Waals surface area (Å²) in [6, 6.07) is 7.68. The number of benzene rings is 1. The lowest BCUT2D eigenvalue weighted by Gasteiger charge is -2.11. The van der Waals surface area contributed by atoms with E-state index in [1.165, 1.54) is 6.26 Å². The molecule has 1 rings (SSSR count). The SMILES string of the molecule is C=COCCCNC(=S)Nc1ccc(OCC)cc1. The third kappa shape index (κ3) is 6.67. The van der Waals surface area contributed by atoms with Crippen LogP contribution in [-0.2, 0) is 4.74 Å². The maximum atomic E-state index is 5.37. The van der Waals surface area contributed by atoms with E-state index in [9.17, 15) is 0 Å². The van der Waals surface area contributed by atoms with Gasteiger partial charge in [0.2, 0.25) is 0 Å². The Balaban J connectivity index is 2.25. The van der Waals surface area contributed by atoms with Crippen LogP contribution < -0.4 is 15.4 Å². The van der Waals surface area contributed by atoms with Crippen LogP contribution in [-0.4, -0.2) is 24.9 Å². The van der Waals surface area contributed by atoms with Crippen LogP contribution in [0, 0.1) is 0 Å². The molecule has 5 heteroatoms. The molecule has 0 bridgehead atoms. The Morgan fingerprint density at radius 2 is 2.11 bits per heavy atom. The van der Waals surface area contributed by atoms with Gasteiger partial charge in [-0.2, -0.15) is 0 Å². The second kappa shape index (κ2) is 9.22. The van der Waals surface area contributed by atoms with Gasteiger partial charge in [0, 0.05) is 12.2 Å². The first-order valence-electron chi connectivity index (χ1n) is 6.26. The molecule has 0 fully saturated rings. The van der Waals surface area contributed by atoms with Gasteiger partial charge < -0.3 is 20.1 Å². The highest BCUT2D eigenvalue weighted by molar-refractivity contribution is 7.80. The zero-order valence-electron chi connectivity index (χ0n) is 11.1. The van der Waals surface area contributed by atoms with Gasteiger partial charge in [0.05, 0.1) is 19.5 Å². The summed E-state index contributed by atoms with van der Waals surface area (Å²) in [6.45, 7) is 7.51. The Morgan fingerprint density at radius 3 is 2.74 bits per heavy atom. The molecule has 0 saturated heterocycles. The summed E-state index contributed by atoms with van der Waals surface area (Å²) in [5.74, 6) is 0.855. The van der Waals surface area contributed by atoms with Crippen molar-refractivity contribution < 1.29 is 9.47 Å². The molecule has 0 aliphatic carbocycles. The van der Waals surface area contributed by atoms with E-state index in [0.29, 0.717) is 18.3 Å². The zero-order chi connectivity index (χ0) is 13.9. The molecular weight excluding hydrogens is 260 g/mol. The normalized spacial score (nSPS) is 9.53. The summed E-state index contributed by atoms with van der Waals surface area (Å²) < 4.78 is 10.4. The molecule has 4 nitrogen and oxygen atoms in total. The van der Waals surface area contributed by atoms with E-state index in [2.05, 4.69) is 17.2 Å². The van der Waals surface area contributed by atoms with Crippen molar-refractivity contribution in [1.82, 2.24) is 5.32 Å².